The molecule has 0 aliphatic heterocycles. The third kappa shape index (κ3) is 5.48. The van der Waals surface area contributed by atoms with E-state index < -0.39 is 18.1 Å². The number of aliphatic carboxylic acids is 1. The number of carbonyl (C=O) groups excluding carboxylic acids is 1. The van der Waals surface area contributed by atoms with Crippen LogP contribution in [0, 0.1) is 0 Å². The molecular formula is C21H21N3O6S. The molecule has 0 saturated heterocycles. The van der Waals surface area contributed by atoms with E-state index in [1.165, 1.54) is 29.3 Å². The fraction of sp³-hybridized carbons (Fsp3) is 0.238. The van der Waals surface area contributed by atoms with Gasteiger partial charge in [-0.25, -0.2) is 14.3 Å². The van der Waals surface area contributed by atoms with E-state index in [1.807, 2.05) is 17.5 Å². The van der Waals surface area contributed by atoms with E-state index in [4.69, 9.17) is 9.47 Å². The number of aryl methyl sites for hydroxylation is 1. The number of hydrogen-bond acceptors (Lipinski definition) is 7. The number of amides is 1. The number of ether oxygens (including phenoxy) is 2. The Balaban J connectivity index is 1.70. The van der Waals surface area contributed by atoms with Gasteiger partial charge in [-0.2, -0.15) is 5.10 Å². The monoisotopic (exact) mass is 443 g/mol. The highest BCUT2D eigenvalue weighted by molar-refractivity contribution is 7.09. The highest BCUT2D eigenvalue weighted by Gasteiger charge is 2.22. The van der Waals surface area contributed by atoms with Gasteiger partial charge in [-0.1, -0.05) is 30.3 Å². The highest BCUT2D eigenvalue weighted by atomic mass is 32.1. The molecule has 10 heteroatoms. The third-order valence-corrected chi connectivity index (χ3v) is 5.37. The van der Waals surface area contributed by atoms with E-state index in [0.29, 0.717) is 22.4 Å². The van der Waals surface area contributed by atoms with Crippen molar-refractivity contribution in [1.29, 1.82) is 0 Å². The quantitative estimate of drug-likeness (QED) is 0.549. The first kappa shape index (κ1) is 22.0. The molecule has 162 valence electrons. The number of methoxy groups -OCH3 is 1. The van der Waals surface area contributed by atoms with Crippen LogP contribution < -0.4 is 15.6 Å². The zero-order valence-electron chi connectivity index (χ0n) is 16.9. The summed E-state index contributed by atoms with van der Waals surface area (Å²) in [7, 11) is 3.00. The van der Waals surface area contributed by atoms with Gasteiger partial charge in [0.25, 0.3) is 5.56 Å². The molecule has 0 saturated carbocycles. The number of nitrogens with zero attached hydrogens (tertiary/aromatic N) is 2. The van der Waals surface area contributed by atoms with Crippen molar-refractivity contribution in [2.45, 2.75) is 19.1 Å². The van der Waals surface area contributed by atoms with Gasteiger partial charge < -0.3 is 19.9 Å². The molecular weight excluding hydrogens is 422 g/mol. The Labute approximate surface area is 181 Å². The molecule has 0 bridgehead atoms. The molecule has 3 rings (SSSR count). The summed E-state index contributed by atoms with van der Waals surface area (Å²) in [5.41, 5.74) is 1.32. The van der Waals surface area contributed by atoms with E-state index >= 15 is 0 Å². The van der Waals surface area contributed by atoms with Crippen molar-refractivity contribution in [2.75, 3.05) is 7.11 Å². The first-order chi connectivity index (χ1) is 14.9. The van der Waals surface area contributed by atoms with Gasteiger partial charge in [0, 0.05) is 18.3 Å². The van der Waals surface area contributed by atoms with Crippen LogP contribution >= 0.6 is 11.3 Å². The Kier molecular flexibility index (Phi) is 7.03. The number of aromatic nitrogens is 2. The van der Waals surface area contributed by atoms with Crippen molar-refractivity contribution in [1.82, 2.24) is 15.1 Å². The maximum atomic E-state index is 12.5. The van der Waals surface area contributed by atoms with Gasteiger partial charge in [-0.05, 0) is 22.6 Å². The standard InChI is InChI=1S/C21H21N3O6S/c1-24-19(25)18(17(29-2)11-22-24)14-7-5-13(6-8-14)10-16(20(26)27)23-21(28)30-12-15-4-3-9-31-15/h3-9,11,16H,10,12H2,1-2H3,(H,23,28)(H,26,27)/t16-/m0/s1. The van der Waals surface area contributed by atoms with E-state index in [9.17, 15) is 19.5 Å². The van der Waals surface area contributed by atoms with Gasteiger partial charge in [0.2, 0.25) is 0 Å². The van der Waals surface area contributed by atoms with Gasteiger partial charge >= 0.3 is 12.1 Å². The van der Waals surface area contributed by atoms with E-state index in [2.05, 4.69) is 10.4 Å². The first-order valence-corrected chi connectivity index (χ1v) is 10.1. The van der Waals surface area contributed by atoms with Gasteiger partial charge in [0.15, 0.2) is 5.75 Å². The second kappa shape index (κ2) is 9.90. The lowest BCUT2D eigenvalue weighted by atomic mass is 10.0. The van der Waals surface area contributed by atoms with Gasteiger partial charge in [-0.3, -0.25) is 4.79 Å². The van der Waals surface area contributed by atoms with Crippen molar-refractivity contribution in [3.05, 3.63) is 68.8 Å². The molecule has 2 N–H and O–H groups in total. The molecule has 0 fully saturated rings. The summed E-state index contributed by atoms with van der Waals surface area (Å²) in [5.74, 6) is -0.837. The van der Waals surface area contributed by atoms with Crippen molar-refractivity contribution < 1.29 is 24.2 Å². The Morgan fingerprint density at radius 3 is 2.61 bits per heavy atom. The van der Waals surface area contributed by atoms with Crippen LogP contribution in [-0.2, 0) is 29.6 Å². The number of carbonyl (C=O) groups is 2. The Hall–Kier alpha value is -3.66. The molecule has 1 aromatic carbocycles. The second-order valence-electron chi connectivity index (χ2n) is 6.61. The van der Waals surface area contributed by atoms with Crippen LogP contribution in [0.1, 0.15) is 10.4 Å². The molecule has 31 heavy (non-hydrogen) atoms. The molecule has 0 spiro atoms. The van der Waals surface area contributed by atoms with E-state index in [0.717, 1.165) is 4.88 Å². The molecule has 1 atom stereocenters. The number of alkyl carbamates (subject to hydrolysis) is 1. The summed E-state index contributed by atoms with van der Waals surface area (Å²) < 4.78 is 11.5. The average Bonchev–Trinajstić information content (AvgIpc) is 3.28. The molecule has 2 heterocycles. The van der Waals surface area contributed by atoms with Crippen molar-refractivity contribution in [3.8, 4) is 16.9 Å². The Bertz CT molecular complexity index is 1110. The summed E-state index contributed by atoms with van der Waals surface area (Å²) in [6, 6.07) is 9.28. The SMILES string of the molecule is COc1cnn(C)c(=O)c1-c1ccc(C[C@H](NC(=O)OCc2cccs2)C(=O)O)cc1. The van der Waals surface area contributed by atoms with Crippen LogP contribution in [0.25, 0.3) is 11.1 Å². The van der Waals surface area contributed by atoms with E-state index in [-0.39, 0.29) is 18.6 Å². The number of thiophene rings is 1. The summed E-state index contributed by atoms with van der Waals surface area (Å²) in [6.45, 7) is 0.0766. The Morgan fingerprint density at radius 1 is 1.26 bits per heavy atom. The van der Waals surface area contributed by atoms with E-state index in [1.54, 1.807) is 31.3 Å². The van der Waals surface area contributed by atoms with Crippen LogP contribution in [0.3, 0.4) is 0 Å². The van der Waals surface area contributed by atoms with Crippen LogP contribution in [0.5, 0.6) is 5.75 Å². The number of carboxylic acid groups (broad SMARTS) is 1. The largest absolute Gasteiger partial charge is 0.494 e. The third-order valence-electron chi connectivity index (χ3n) is 4.52. The summed E-state index contributed by atoms with van der Waals surface area (Å²) in [6.07, 6.45) is 0.703. The lowest BCUT2D eigenvalue weighted by Gasteiger charge is -2.15. The molecule has 1 amide bonds. The molecule has 0 radical (unpaired) electrons. The minimum atomic E-state index is -1.18. The number of hydrogen-bond donors (Lipinski definition) is 2. The zero-order chi connectivity index (χ0) is 22.4. The van der Waals surface area contributed by atoms with Crippen LogP contribution in [0.4, 0.5) is 4.79 Å². The fourth-order valence-corrected chi connectivity index (χ4v) is 3.52. The molecule has 0 aliphatic carbocycles. The fourth-order valence-electron chi connectivity index (χ4n) is 2.90. The molecule has 9 nitrogen and oxygen atoms in total. The summed E-state index contributed by atoms with van der Waals surface area (Å²) in [5, 5.41) is 17.6. The molecule has 0 aliphatic rings. The predicted octanol–water partition coefficient (Wildman–Crippen LogP) is 2.44. The van der Waals surface area contributed by atoms with Crippen LogP contribution in [-0.4, -0.2) is 40.1 Å². The van der Waals surface area contributed by atoms with Crippen molar-refractivity contribution in [2.24, 2.45) is 7.05 Å². The minimum Gasteiger partial charge on any atom is -0.494 e. The zero-order valence-corrected chi connectivity index (χ0v) is 17.7. The van der Waals surface area contributed by atoms with Crippen molar-refractivity contribution >= 4 is 23.4 Å². The molecule has 0 unspecified atom stereocenters. The number of rotatable bonds is 8. The smallest absolute Gasteiger partial charge is 0.408 e. The molecule has 2 aromatic heterocycles. The number of carboxylic acids is 1. The van der Waals surface area contributed by atoms with Crippen molar-refractivity contribution in [3.63, 3.8) is 0 Å². The summed E-state index contributed by atoms with van der Waals surface area (Å²) in [4.78, 5) is 36.9. The lowest BCUT2D eigenvalue weighted by molar-refractivity contribution is -0.139. The van der Waals surface area contributed by atoms with Crippen LogP contribution in [0.2, 0.25) is 0 Å². The minimum absolute atomic E-state index is 0.0508. The predicted molar refractivity (Wildman–Crippen MR) is 114 cm³/mol. The maximum absolute atomic E-state index is 12.5. The topological polar surface area (TPSA) is 120 Å². The second-order valence-corrected chi connectivity index (χ2v) is 7.64. The first-order valence-electron chi connectivity index (χ1n) is 9.27. The maximum Gasteiger partial charge on any atom is 0.408 e. The number of nitrogens with one attached hydrogen (secondary N) is 1. The van der Waals surface area contributed by atoms with Gasteiger partial charge in [-0.15, -0.1) is 11.3 Å². The summed E-state index contributed by atoms with van der Waals surface area (Å²) >= 11 is 1.44. The highest BCUT2D eigenvalue weighted by Crippen LogP contribution is 2.25. The average molecular weight is 443 g/mol. The lowest BCUT2D eigenvalue weighted by Crippen LogP contribution is -2.42. The van der Waals surface area contributed by atoms with Crippen LogP contribution in [0.15, 0.2) is 52.8 Å². The van der Waals surface area contributed by atoms with Gasteiger partial charge in [0.05, 0.1) is 18.9 Å². The molecule has 3 aromatic rings. The normalized spacial score (nSPS) is 11.5. The van der Waals surface area contributed by atoms with Gasteiger partial charge in [0.1, 0.15) is 12.6 Å². The number of benzene rings is 1. The Morgan fingerprint density at radius 2 is 2.00 bits per heavy atom.